The van der Waals surface area contributed by atoms with Gasteiger partial charge in [-0.05, 0) is 49.1 Å². The topological polar surface area (TPSA) is 71.3 Å². The van der Waals surface area contributed by atoms with E-state index in [0.717, 1.165) is 11.0 Å². The minimum atomic E-state index is -0.322. The van der Waals surface area contributed by atoms with E-state index in [4.69, 9.17) is 0 Å². The van der Waals surface area contributed by atoms with Gasteiger partial charge in [-0.3, -0.25) is 4.79 Å². The molecule has 31 heavy (non-hydrogen) atoms. The van der Waals surface area contributed by atoms with Crippen LogP contribution >= 0.6 is 0 Å². The summed E-state index contributed by atoms with van der Waals surface area (Å²) in [5.74, 6) is 0.294. The molecule has 1 amide bonds. The van der Waals surface area contributed by atoms with Crippen molar-refractivity contribution in [2.24, 2.45) is 0 Å². The summed E-state index contributed by atoms with van der Waals surface area (Å²) in [4.78, 5) is 16.7. The molecule has 0 saturated heterocycles. The standard InChI is InChI=1S/C23H23BFN5O/c1-14(2)28-23(31)16-9-7-15(8-10-16)12-26-21-11-20(17-5-3-4-6-19(17)25)29-22-18(24)13-27-30(21)22/h3-11,13-14,26H,12,24H2,1-2H3,(H,28,31). The van der Waals surface area contributed by atoms with Crippen molar-refractivity contribution in [2.45, 2.75) is 26.4 Å². The number of carbonyl (C=O) groups is 1. The highest BCUT2D eigenvalue weighted by molar-refractivity contribution is 6.36. The van der Waals surface area contributed by atoms with Crippen LogP contribution in [0.4, 0.5) is 10.2 Å². The lowest BCUT2D eigenvalue weighted by molar-refractivity contribution is 0.0943. The Morgan fingerprint density at radius 2 is 1.90 bits per heavy atom. The predicted octanol–water partition coefficient (Wildman–Crippen LogP) is 2.54. The molecule has 0 radical (unpaired) electrons. The number of benzene rings is 2. The van der Waals surface area contributed by atoms with E-state index < -0.39 is 0 Å². The molecule has 2 aromatic carbocycles. The molecule has 6 nitrogen and oxygen atoms in total. The van der Waals surface area contributed by atoms with Gasteiger partial charge < -0.3 is 10.6 Å². The van der Waals surface area contributed by atoms with Crippen LogP contribution in [0.1, 0.15) is 29.8 Å². The minimum absolute atomic E-state index is 0.0871. The van der Waals surface area contributed by atoms with E-state index in [-0.39, 0.29) is 17.8 Å². The number of hydrogen-bond donors (Lipinski definition) is 2. The van der Waals surface area contributed by atoms with E-state index in [2.05, 4.69) is 20.7 Å². The Balaban J connectivity index is 1.60. The van der Waals surface area contributed by atoms with Gasteiger partial charge >= 0.3 is 0 Å². The molecule has 0 aliphatic carbocycles. The van der Waals surface area contributed by atoms with Crippen LogP contribution < -0.4 is 16.1 Å². The van der Waals surface area contributed by atoms with E-state index in [0.29, 0.717) is 34.8 Å². The maximum absolute atomic E-state index is 14.4. The van der Waals surface area contributed by atoms with Crippen molar-refractivity contribution in [2.75, 3.05) is 5.32 Å². The summed E-state index contributed by atoms with van der Waals surface area (Å²) in [7, 11) is 1.92. The van der Waals surface area contributed by atoms with E-state index in [1.54, 1.807) is 47.1 Å². The Kier molecular flexibility index (Phi) is 5.71. The van der Waals surface area contributed by atoms with Gasteiger partial charge in [0.15, 0.2) is 5.65 Å². The summed E-state index contributed by atoms with van der Waals surface area (Å²) in [6.45, 7) is 4.37. The summed E-state index contributed by atoms with van der Waals surface area (Å²) in [6.07, 6.45) is 1.74. The number of nitrogens with one attached hydrogen (secondary N) is 2. The van der Waals surface area contributed by atoms with Crippen LogP contribution in [0.2, 0.25) is 0 Å². The largest absolute Gasteiger partial charge is 0.366 e. The molecule has 0 bridgehead atoms. The molecule has 156 valence electrons. The Morgan fingerprint density at radius 1 is 1.16 bits per heavy atom. The number of anilines is 1. The monoisotopic (exact) mass is 415 g/mol. The molecule has 0 saturated carbocycles. The number of halogens is 1. The second-order valence-corrected chi connectivity index (χ2v) is 7.75. The molecule has 0 aliphatic rings. The number of carbonyl (C=O) groups excluding carboxylic acids is 1. The van der Waals surface area contributed by atoms with Crippen LogP contribution in [0.5, 0.6) is 0 Å². The molecule has 8 heteroatoms. The molecule has 0 fully saturated rings. The molecule has 0 atom stereocenters. The predicted molar refractivity (Wildman–Crippen MR) is 123 cm³/mol. The Hall–Kier alpha value is -3.68. The zero-order valence-corrected chi connectivity index (χ0v) is 17.7. The summed E-state index contributed by atoms with van der Waals surface area (Å²) in [6, 6.07) is 15.9. The van der Waals surface area contributed by atoms with E-state index in [9.17, 15) is 9.18 Å². The van der Waals surface area contributed by atoms with Crippen LogP contribution in [-0.2, 0) is 6.54 Å². The average molecular weight is 415 g/mol. The van der Waals surface area contributed by atoms with Gasteiger partial charge in [-0.1, -0.05) is 24.3 Å². The third-order valence-electron chi connectivity index (χ3n) is 4.91. The summed E-state index contributed by atoms with van der Waals surface area (Å²) < 4.78 is 16.1. The fourth-order valence-electron chi connectivity index (χ4n) is 3.32. The van der Waals surface area contributed by atoms with Gasteiger partial charge in [0, 0.05) is 36.0 Å². The molecule has 4 aromatic rings. The fourth-order valence-corrected chi connectivity index (χ4v) is 3.32. The normalized spacial score (nSPS) is 11.1. The Bertz CT molecular complexity index is 1240. The lowest BCUT2D eigenvalue weighted by Gasteiger charge is -2.12. The first-order valence-electron chi connectivity index (χ1n) is 10.2. The summed E-state index contributed by atoms with van der Waals surface area (Å²) >= 11 is 0. The van der Waals surface area contributed by atoms with Gasteiger partial charge in [0.25, 0.3) is 5.91 Å². The lowest BCUT2D eigenvalue weighted by Crippen LogP contribution is -2.30. The van der Waals surface area contributed by atoms with Crippen LogP contribution in [0, 0.1) is 5.82 Å². The number of hydrogen-bond acceptors (Lipinski definition) is 4. The first kappa shape index (κ1) is 20.6. The first-order valence-corrected chi connectivity index (χ1v) is 10.2. The maximum atomic E-state index is 14.4. The van der Waals surface area contributed by atoms with Gasteiger partial charge in [-0.2, -0.15) is 9.61 Å². The van der Waals surface area contributed by atoms with Crippen molar-refractivity contribution in [3.63, 3.8) is 0 Å². The lowest BCUT2D eigenvalue weighted by atomic mass is 10.0. The zero-order valence-electron chi connectivity index (χ0n) is 17.7. The Labute approximate surface area is 180 Å². The minimum Gasteiger partial charge on any atom is -0.366 e. The van der Waals surface area contributed by atoms with Gasteiger partial charge in [0.1, 0.15) is 19.5 Å². The molecule has 2 heterocycles. The number of fused-ring (bicyclic) bond motifs is 1. The van der Waals surface area contributed by atoms with Crippen molar-refractivity contribution in [1.82, 2.24) is 19.9 Å². The van der Waals surface area contributed by atoms with Crippen LogP contribution in [0.3, 0.4) is 0 Å². The van der Waals surface area contributed by atoms with Crippen molar-refractivity contribution in [1.29, 1.82) is 0 Å². The van der Waals surface area contributed by atoms with Gasteiger partial charge in [0.05, 0.1) is 5.69 Å². The molecule has 4 rings (SSSR count). The third-order valence-corrected chi connectivity index (χ3v) is 4.91. The van der Waals surface area contributed by atoms with E-state index in [1.165, 1.54) is 6.07 Å². The molecular formula is C23H23BFN5O. The summed E-state index contributed by atoms with van der Waals surface area (Å²) in [5.41, 5.74) is 4.17. The fraction of sp³-hybridized carbons (Fsp3) is 0.174. The molecule has 0 aliphatic heterocycles. The number of amides is 1. The molecule has 0 unspecified atom stereocenters. The molecular weight excluding hydrogens is 392 g/mol. The second kappa shape index (κ2) is 8.59. The van der Waals surface area contributed by atoms with Gasteiger partial charge in [-0.25, -0.2) is 9.37 Å². The van der Waals surface area contributed by atoms with Crippen LogP contribution in [-0.4, -0.2) is 34.4 Å². The zero-order chi connectivity index (χ0) is 22.0. The van der Waals surface area contributed by atoms with Gasteiger partial charge in [-0.15, -0.1) is 0 Å². The maximum Gasteiger partial charge on any atom is 0.251 e. The van der Waals surface area contributed by atoms with Crippen LogP contribution in [0.25, 0.3) is 16.9 Å². The van der Waals surface area contributed by atoms with E-state index in [1.807, 2.05) is 33.8 Å². The SMILES string of the molecule is Bc1cnn2c(NCc3ccc(C(=O)NC(C)C)cc3)cc(-c3ccccc3F)nc12. The van der Waals surface area contributed by atoms with Crippen LogP contribution in [0.15, 0.2) is 60.8 Å². The summed E-state index contributed by atoms with van der Waals surface area (Å²) in [5, 5.41) is 10.6. The number of rotatable bonds is 6. The highest BCUT2D eigenvalue weighted by atomic mass is 19.1. The highest BCUT2D eigenvalue weighted by Gasteiger charge is 2.13. The van der Waals surface area contributed by atoms with E-state index >= 15 is 0 Å². The quantitative estimate of drug-likeness (QED) is 0.475. The molecule has 2 N–H and O–H groups in total. The van der Waals surface area contributed by atoms with Crippen molar-refractivity contribution in [3.8, 4) is 11.3 Å². The average Bonchev–Trinajstić information content (AvgIpc) is 3.13. The first-order chi connectivity index (χ1) is 14.9. The smallest absolute Gasteiger partial charge is 0.251 e. The van der Waals surface area contributed by atoms with Crippen molar-refractivity contribution >= 4 is 30.7 Å². The molecule has 2 aromatic heterocycles. The third kappa shape index (κ3) is 4.43. The molecule has 0 spiro atoms. The van der Waals surface area contributed by atoms with Crippen molar-refractivity contribution < 1.29 is 9.18 Å². The number of nitrogens with zero attached hydrogens (tertiary/aromatic N) is 3. The number of aromatic nitrogens is 3. The Morgan fingerprint density at radius 3 is 2.61 bits per heavy atom. The van der Waals surface area contributed by atoms with Crippen molar-refractivity contribution in [3.05, 3.63) is 77.7 Å². The highest BCUT2D eigenvalue weighted by Crippen LogP contribution is 2.24. The second-order valence-electron chi connectivity index (χ2n) is 7.75. The van der Waals surface area contributed by atoms with Gasteiger partial charge in [0.2, 0.25) is 0 Å².